The summed E-state index contributed by atoms with van der Waals surface area (Å²) in [5.74, 6) is 0.0712. The zero-order chi connectivity index (χ0) is 18.1. The van der Waals surface area contributed by atoms with Crippen LogP contribution < -0.4 is 0 Å². The maximum Gasteiger partial charge on any atom is 0.168 e. The standard InChI is InChI=1S/C21H18N4O/c1-14-3-5-15(6-4-14)21(26)11-19-10-18-9-16(7-8-17(18)12-22-19)20-13-25(2)24-23-20/h3-10,12-13H,11H2,1-2H3. The van der Waals surface area contributed by atoms with Gasteiger partial charge in [-0.25, -0.2) is 0 Å². The summed E-state index contributed by atoms with van der Waals surface area (Å²) in [6.45, 7) is 2.01. The summed E-state index contributed by atoms with van der Waals surface area (Å²) in [5.41, 5.74) is 4.43. The van der Waals surface area contributed by atoms with Gasteiger partial charge in [0.05, 0.1) is 12.6 Å². The number of carbonyl (C=O) groups excluding carboxylic acids is 1. The Kier molecular flexibility index (Phi) is 4.05. The molecule has 0 saturated carbocycles. The Hall–Kier alpha value is -3.34. The molecule has 0 N–H and O–H groups in total. The summed E-state index contributed by atoms with van der Waals surface area (Å²) < 4.78 is 1.68. The lowest BCUT2D eigenvalue weighted by molar-refractivity contribution is 0.0992. The van der Waals surface area contributed by atoms with Gasteiger partial charge in [0.25, 0.3) is 0 Å². The van der Waals surface area contributed by atoms with E-state index in [-0.39, 0.29) is 12.2 Å². The summed E-state index contributed by atoms with van der Waals surface area (Å²) >= 11 is 0. The molecule has 0 bridgehead atoms. The highest BCUT2D eigenvalue weighted by Crippen LogP contribution is 2.23. The van der Waals surface area contributed by atoms with Crippen molar-refractivity contribution in [2.75, 3.05) is 0 Å². The fourth-order valence-electron chi connectivity index (χ4n) is 2.93. The van der Waals surface area contributed by atoms with E-state index in [1.807, 2.05) is 68.8 Å². The van der Waals surface area contributed by atoms with E-state index in [9.17, 15) is 4.79 Å². The van der Waals surface area contributed by atoms with Gasteiger partial charge >= 0.3 is 0 Å². The lowest BCUT2D eigenvalue weighted by atomic mass is 10.0. The Labute approximate surface area is 151 Å². The van der Waals surface area contributed by atoms with E-state index < -0.39 is 0 Å². The van der Waals surface area contributed by atoms with E-state index in [0.29, 0.717) is 5.56 Å². The number of carbonyl (C=O) groups is 1. The molecule has 0 aliphatic rings. The van der Waals surface area contributed by atoms with Crippen LogP contribution in [0.4, 0.5) is 0 Å². The van der Waals surface area contributed by atoms with Gasteiger partial charge in [-0.15, -0.1) is 5.10 Å². The molecule has 2 heterocycles. The Morgan fingerprint density at radius 2 is 1.85 bits per heavy atom. The molecule has 4 aromatic rings. The zero-order valence-electron chi connectivity index (χ0n) is 14.7. The van der Waals surface area contributed by atoms with E-state index in [2.05, 4.69) is 21.4 Å². The van der Waals surface area contributed by atoms with Crippen molar-refractivity contribution in [1.82, 2.24) is 20.0 Å². The molecule has 26 heavy (non-hydrogen) atoms. The van der Waals surface area contributed by atoms with E-state index in [0.717, 1.165) is 33.3 Å². The molecule has 2 aromatic heterocycles. The number of Topliss-reactive ketones (excluding diaryl/α,β-unsaturated/α-hetero) is 1. The Balaban J connectivity index is 1.63. The van der Waals surface area contributed by atoms with Gasteiger partial charge in [-0.05, 0) is 24.4 Å². The van der Waals surface area contributed by atoms with E-state index in [4.69, 9.17) is 0 Å². The quantitative estimate of drug-likeness (QED) is 0.530. The van der Waals surface area contributed by atoms with E-state index in [1.165, 1.54) is 0 Å². The highest BCUT2D eigenvalue weighted by atomic mass is 16.1. The first-order valence-electron chi connectivity index (χ1n) is 8.44. The van der Waals surface area contributed by atoms with Crippen molar-refractivity contribution in [3.63, 3.8) is 0 Å². The van der Waals surface area contributed by atoms with Crippen molar-refractivity contribution < 1.29 is 4.79 Å². The second-order valence-electron chi connectivity index (χ2n) is 6.48. The van der Waals surface area contributed by atoms with Crippen molar-refractivity contribution >= 4 is 16.6 Å². The monoisotopic (exact) mass is 342 g/mol. The van der Waals surface area contributed by atoms with Crippen LogP contribution in [-0.2, 0) is 13.5 Å². The molecular formula is C21H18N4O. The lowest BCUT2D eigenvalue weighted by Gasteiger charge is -2.05. The van der Waals surface area contributed by atoms with Gasteiger partial charge in [-0.1, -0.05) is 47.2 Å². The molecule has 0 unspecified atom stereocenters. The van der Waals surface area contributed by atoms with E-state index in [1.54, 1.807) is 4.68 Å². The molecule has 0 fully saturated rings. The van der Waals surface area contributed by atoms with Crippen molar-refractivity contribution in [2.24, 2.45) is 7.05 Å². The molecule has 128 valence electrons. The molecule has 5 heteroatoms. The number of pyridine rings is 1. The number of nitrogens with zero attached hydrogens (tertiary/aromatic N) is 4. The van der Waals surface area contributed by atoms with Gasteiger partial charge in [0, 0.05) is 35.5 Å². The maximum atomic E-state index is 12.5. The normalized spacial score (nSPS) is 11.0. The predicted molar refractivity (Wildman–Crippen MR) is 101 cm³/mol. The minimum atomic E-state index is 0.0712. The third kappa shape index (κ3) is 3.24. The molecule has 2 aromatic carbocycles. The smallest absolute Gasteiger partial charge is 0.168 e. The van der Waals surface area contributed by atoms with Gasteiger partial charge < -0.3 is 0 Å². The Morgan fingerprint density at radius 3 is 2.58 bits per heavy atom. The third-order valence-corrected chi connectivity index (χ3v) is 4.39. The average Bonchev–Trinajstić information content (AvgIpc) is 3.08. The number of aromatic nitrogens is 4. The largest absolute Gasteiger partial charge is 0.294 e. The number of aryl methyl sites for hydroxylation is 2. The first-order chi connectivity index (χ1) is 12.6. The Bertz CT molecular complexity index is 1100. The van der Waals surface area contributed by atoms with Gasteiger partial charge in [-0.3, -0.25) is 14.5 Å². The fourth-order valence-corrected chi connectivity index (χ4v) is 2.93. The fraction of sp³-hybridized carbons (Fsp3) is 0.143. The molecule has 0 atom stereocenters. The zero-order valence-corrected chi connectivity index (χ0v) is 14.7. The first kappa shape index (κ1) is 16.1. The molecule has 4 rings (SSSR count). The Morgan fingerprint density at radius 1 is 1.04 bits per heavy atom. The summed E-state index contributed by atoms with van der Waals surface area (Å²) in [4.78, 5) is 16.9. The van der Waals surface area contributed by atoms with Crippen molar-refractivity contribution in [1.29, 1.82) is 0 Å². The predicted octanol–water partition coefficient (Wildman–Crippen LogP) is 3.76. The number of hydrogen-bond donors (Lipinski definition) is 0. The van der Waals surface area contributed by atoms with Crippen LogP contribution in [0.3, 0.4) is 0 Å². The van der Waals surface area contributed by atoms with Crippen LogP contribution >= 0.6 is 0 Å². The van der Waals surface area contributed by atoms with Crippen molar-refractivity contribution in [3.05, 3.63) is 77.7 Å². The van der Waals surface area contributed by atoms with Gasteiger partial charge in [0.2, 0.25) is 0 Å². The topological polar surface area (TPSA) is 60.7 Å². The number of hydrogen-bond acceptors (Lipinski definition) is 4. The number of benzene rings is 2. The second kappa shape index (κ2) is 6.52. The van der Waals surface area contributed by atoms with Crippen LogP contribution in [0, 0.1) is 6.92 Å². The van der Waals surface area contributed by atoms with Crippen LogP contribution in [0.15, 0.2) is 60.9 Å². The van der Waals surface area contributed by atoms with Crippen molar-refractivity contribution in [3.8, 4) is 11.3 Å². The maximum absolute atomic E-state index is 12.5. The van der Waals surface area contributed by atoms with Crippen LogP contribution in [0.2, 0.25) is 0 Å². The average molecular weight is 342 g/mol. The summed E-state index contributed by atoms with van der Waals surface area (Å²) in [5, 5.41) is 10.2. The lowest BCUT2D eigenvalue weighted by Crippen LogP contribution is -2.05. The SMILES string of the molecule is Cc1ccc(C(=O)Cc2cc3cc(-c4cn(C)nn4)ccc3cn2)cc1. The minimum Gasteiger partial charge on any atom is -0.294 e. The van der Waals surface area contributed by atoms with Crippen LogP contribution in [0.25, 0.3) is 22.0 Å². The molecule has 5 nitrogen and oxygen atoms in total. The van der Waals surface area contributed by atoms with E-state index >= 15 is 0 Å². The van der Waals surface area contributed by atoms with Crippen LogP contribution in [0.1, 0.15) is 21.6 Å². The van der Waals surface area contributed by atoms with Gasteiger partial charge in [0.1, 0.15) is 5.69 Å². The molecule has 0 saturated heterocycles. The molecule has 0 spiro atoms. The van der Waals surface area contributed by atoms with Crippen LogP contribution in [0.5, 0.6) is 0 Å². The second-order valence-corrected chi connectivity index (χ2v) is 6.48. The molecule has 0 radical (unpaired) electrons. The minimum absolute atomic E-state index is 0.0712. The highest BCUT2D eigenvalue weighted by molar-refractivity contribution is 5.98. The molecular weight excluding hydrogens is 324 g/mol. The summed E-state index contributed by atoms with van der Waals surface area (Å²) in [7, 11) is 1.84. The van der Waals surface area contributed by atoms with Crippen molar-refractivity contribution in [2.45, 2.75) is 13.3 Å². The number of rotatable bonds is 4. The van der Waals surface area contributed by atoms with Gasteiger partial charge in [0.15, 0.2) is 5.78 Å². The third-order valence-electron chi connectivity index (χ3n) is 4.39. The molecule has 0 aliphatic heterocycles. The summed E-state index contributed by atoms with van der Waals surface area (Å²) in [6, 6.07) is 15.7. The highest BCUT2D eigenvalue weighted by Gasteiger charge is 2.10. The van der Waals surface area contributed by atoms with Gasteiger partial charge in [-0.2, -0.15) is 0 Å². The molecule has 0 aliphatic carbocycles. The molecule has 0 amide bonds. The number of ketones is 1. The van der Waals surface area contributed by atoms with Crippen LogP contribution in [-0.4, -0.2) is 25.8 Å². The first-order valence-corrected chi connectivity index (χ1v) is 8.44. The summed E-state index contributed by atoms with van der Waals surface area (Å²) in [6.07, 6.45) is 3.98. The number of fused-ring (bicyclic) bond motifs is 1.